The average molecular weight is 465 g/mol. The molecule has 0 spiro atoms. The van der Waals surface area contributed by atoms with Gasteiger partial charge in [-0.2, -0.15) is 0 Å². The van der Waals surface area contributed by atoms with Gasteiger partial charge in [0.15, 0.2) is 0 Å². The number of aromatic amines is 1. The van der Waals surface area contributed by atoms with E-state index >= 15 is 0 Å². The van der Waals surface area contributed by atoms with E-state index in [0.29, 0.717) is 24.1 Å². The minimum absolute atomic E-state index is 0.165. The Kier molecular flexibility index (Phi) is 6.10. The molecule has 1 aromatic carbocycles. The summed E-state index contributed by atoms with van der Waals surface area (Å²) in [6.45, 7) is 9.76. The Morgan fingerprint density at radius 1 is 1.21 bits per heavy atom. The van der Waals surface area contributed by atoms with Crippen molar-refractivity contribution in [1.82, 2.24) is 19.9 Å². The van der Waals surface area contributed by atoms with Crippen LogP contribution in [0.5, 0.6) is 5.75 Å². The first-order valence-corrected chi connectivity index (χ1v) is 11.6. The Hall–Kier alpha value is -3.42. The van der Waals surface area contributed by atoms with Gasteiger partial charge in [0, 0.05) is 24.9 Å². The first-order valence-electron chi connectivity index (χ1n) is 11.6. The van der Waals surface area contributed by atoms with Crippen LogP contribution in [0, 0.1) is 0 Å². The highest BCUT2D eigenvalue weighted by Gasteiger charge is 2.52. The fourth-order valence-corrected chi connectivity index (χ4v) is 4.53. The second-order valence-electron chi connectivity index (χ2n) is 10.1. The van der Waals surface area contributed by atoms with Crippen molar-refractivity contribution in [3.63, 3.8) is 0 Å². The third kappa shape index (κ3) is 4.24. The van der Waals surface area contributed by atoms with E-state index in [1.165, 1.54) is 4.90 Å². The van der Waals surface area contributed by atoms with E-state index in [1.807, 2.05) is 24.3 Å². The van der Waals surface area contributed by atoms with Crippen molar-refractivity contribution in [3.8, 4) is 5.75 Å². The molecular weight excluding hydrogens is 432 g/mol. The molecule has 1 unspecified atom stereocenters. The molecule has 4 rings (SSSR count). The summed E-state index contributed by atoms with van der Waals surface area (Å²) in [4.78, 5) is 40.6. The van der Waals surface area contributed by atoms with Crippen LogP contribution in [0.15, 0.2) is 36.7 Å². The van der Waals surface area contributed by atoms with Gasteiger partial charge in [-0.15, -0.1) is 0 Å². The zero-order chi connectivity index (χ0) is 24.7. The lowest BCUT2D eigenvalue weighted by Gasteiger charge is -2.29. The highest BCUT2D eigenvalue weighted by Crippen LogP contribution is 2.44. The maximum absolute atomic E-state index is 14.0. The number of aromatic nitrogens is 3. The van der Waals surface area contributed by atoms with Gasteiger partial charge in [-0.1, -0.05) is 19.9 Å². The van der Waals surface area contributed by atoms with Gasteiger partial charge in [-0.3, -0.25) is 9.78 Å². The summed E-state index contributed by atoms with van der Waals surface area (Å²) in [6.07, 6.45) is 3.67. The zero-order valence-electron chi connectivity index (χ0n) is 20.6. The number of likely N-dealkylation sites (tertiary alicyclic amines) is 1. The van der Waals surface area contributed by atoms with Crippen LogP contribution in [-0.2, 0) is 21.4 Å². The summed E-state index contributed by atoms with van der Waals surface area (Å²) < 4.78 is 11.1. The van der Waals surface area contributed by atoms with Crippen molar-refractivity contribution < 1.29 is 19.1 Å². The molecule has 0 aliphatic carbocycles. The lowest BCUT2D eigenvalue weighted by atomic mass is 9.73. The summed E-state index contributed by atoms with van der Waals surface area (Å²) >= 11 is 0. The smallest absolute Gasteiger partial charge is 0.417 e. The molecule has 1 saturated heterocycles. The van der Waals surface area contributed by atoms with Crippen LogP contribution < -0.4 is 4.74 Å². The molecule has 1 N–H and O–H groups in total. The topological polar surface area (TPSA) is 97.4 Å². The number of nitrogens with one attached hydrogen (secondary N) is 1. The summed E-state index contributed by atoms with van der Waals surface area (Å²) in [6, 6.07) is 7.56. The maximum atomic E-state index is 14.0. The van der Waals surface area contributed by atoms with Gasteiger partial charge < -0.3 is 14.5 Å². The zero-order valence-corrected chi connectivity index (χ0v) is 20.6. The summed E-state index contributed by atoms with van der Waals surface area (Å²) in [5.74, 6) is 1.36. The van der Waals surface area contributed by atoms with Crippen LogP contribution in [0.25, 0.3) is 11.0 Å². The van der Waals surface area contributed by atoms with Crippen LogP contribution in [0.2, 0.25) is 0 Å². The molecule has 2 amide bonds. The predicted molar refractivity (Wildman–Crippen MR) is 129 cm³/mol. The van der Waals surface area contributed by atoms with E-state index in [-0.39, 0.29) is 18.4 Å². The Morgan fingerprint density at radius 3 is 2.53 bits per heavy atom. The maximum Gasteiger partial charge on any atom is 0.417 e. The van der Waals surface area contributed by atoms with Gasteiger partial charge in [0.2, 0.25) is 5.91 Å². The van der Waals surface area contributed by atoms with Crippen molar-refractivity contribution in [2.75, 3.05) is 13.7 Å². The fraction of sp³-hybridized carbons (Fsp3) is 0.462. The Bertz CT molecular complexity index is 1210. The third-order valence-electron chi connectivity index (χ3n) is 6.19. The number of carbonyl (C=O) groups excluding carboxylic acids is 2. The van der Waals surface area contributed by atoms with Crippen molar-refractivity contribution in [2.45, 2.75) is 64.4 Å². The van der Waals surface area contributed by atoms with Crippen LogP contribution in [0.4, 0.5) is 4.79 Å². The number of imide groups is 1. The number of carbonyl (C=O) groups is 2. The molecule has 1 aliphatic rings. The van der Waals surface area contributed by atoms with Crippen molar-refractivity contribution in [1.29, 1.82) is 0 Å². The molecule has 0 radical (unpaired) electrons. The van der Waals surface area contributed by atoms with Crippen LogP contribution in [-0.4, -0.2) is 51.1 Å². The van der Waals surface area contributed by atoms with Crippen LogP contribution >= 0.6 is 0 Å². The van der Waals surface area contributed by atoms with Crippen LogP contribution in [0.3, 0.4) is 0 Å². The van der Waals surface area contributed by atoms with Gasteiger partial charge in [0.25, 0.3) is 0 Å². The van der Waals surface area contributed by atoms with Crippen molar-refractivity contribution >= 4 is 23.0 Å². The van der Waals surface area contributed by atoms with E-state index in [2.05, 4.69) is 23.8 Å². The number of methoxy groups -OCH3 is 1. The Morgan fingerprint density at radius 2 is 1.91 bits per heavy atom. The number of rotatable bonds is 5. The van der Waals surface area contributed by atoms with Gasteiger partial charge >= 0.3 is 6.09 Å². The van der Waals surface area contributed by atoms with Gasteiger partial charge in [0.1, 0.15) is 22.7 Å². The average Bonchev–Trinajstić information content (AvgIpc) is 3.36. The second-order valence-corrected chi connectivity index (χ2v) is 10.1. The summed E-state index contributed by atoms with van der Waals surface area (Å²) in [7, 11) is 1.61. The van der Waals surface area contributed by atoms with Crippen molar-refractivity contribution in [3.05, 3.63) is 53.6 Å². The number of amides is 2. The van der Waals surface area contributed by atoms with E-state index in [9.17, 15) is 9.59 Å². The summed E-state index contributed by atoms with van der Waals surface area (Å²) in [5, 5.41) is 0. The first-order chi connectivity index (χ1) is 16.1. The molecular formula is C26H32N4O4. The fourth-order valence-electron chi connectivity index (χ4n) is 4.53. The Labute approximate surface area is 199 Å². The molecule has 180 valence electrons. The molecule has 0 saturated carbocycles. The van der Waals surface area contributed by atoms with Crippen molar-refractivity contribution in [2.24, 2.45) is 0 Å². The number of H-pyrrole nitrogens is 1. The molecule has 2 aromatic heterocycles. The van der Waals surface area contributed by atoms with Gasteiger partial charge in [-0.25, -0.2) is 14.7 Å². The largest absolute Gasteiger partial charge is 0.494 e. The number of hydrogen-bond donors (Lipinski definition) is 1. The Balaban J connectivity index is 1.88. The molecule has 8 heteroatoms. The molecule has 34 heavy (non-hydrogen) atoms. The number of hydrogen-bond acceptors (Lipinski definition) is 6. The molecule has 1 aliphatic heterocycles. The highest BCUT2D eigenvalue weighted by atomic mass is 16.6. The number of benzene rings is 1. The van der Waals surface area contributed by atoms with Crippen LogP contribution in [0.1, 0.15) is 63.9 Å². The van der Waals surface area contributed by atoms with Gasteiger partial charge in [0.05, 0.1) is 18.0 Å². The molecule has 1 fully saturated rings. The molecule has 8 nitrogen and oxygen atoms in total. The molecule has 1 atom stereocenters. The lowest BCUT2D eigenvalue weighted by Crippen LogP contribution is -2.44. The third-order valence-corrected chi connectivity index (χ3v) is 6.19. The monoisotopic (exact) mass is 464 g/mol. The number of fused-ring (bicyclic) bond motifs is 1. The molecule has 3 heterocycles. The predicted octanol–water partition coefficient (Wildman–Crippen LogP) is 4.74. The first kappa shape index (κ1) is 23.7. The van der Waals surface area contributed by atoms with Gasteiger partial charge in [-0.05, 0) is 62.9 Å². The molecule has 3 aromatic rings. The number of ether oxygens (including phenoxy) is 2. The normalized spacial score (nSPS) is 18.7. The highest BCUT2D eigenvalue weighted by molar-refractivity contribution is 6.03. The SMILES string of the molecule is COc1ccc(C2(Cc3ccncc3)CCN(C(=O)OC(C)(C)C)C2=O)c2nc(C(C)C)[nH]c12. The van der Waals surface area contributed by atoms with E-state index in [0.717, 1.165) is 22.5 Å². The molecule has 0 bridgehead atoms. The number of imidazole rings is 1. The van der Waals surface area contributed by atoms with E-state index in [1.54, 1.807) is 40.3 Å². The second kappa shape index (κ2) is 8.74. The standard InChI is InChI=1S/C26H32N4O4/c1-16(2)22-28-20-18(7-8-19(33-6)21(20)29-22)26(15-17-9-12-27-13-10-17)11-14-30(23(26)31)24(32)34-25(3,4)5/h7-10,12-13,16H,11,14-15H2,1-6H3,(H,28,29). The minimum Gasteiger partial charge on any atom is -0.494 e. The minimum atomic E-state index is -0.980. The van der Waals surface area contributed by atoms with E-state index in [4.69, 9.17) is 14.5 Å². The lowest BCUT2D eigenvalue weighted by molar-refractivity contribution is -0.131. The number of pyridine rings is 1. The number of nitrogens with zero attached hydrogens (tertiary/aromatic N) is 3. The quantitative estimate of drug-likeness (QED) is 0.586. The summed E-state index contributed by atoms with van der Waals surface area (Å²) in [5.41, 5.74) is 1.50. The van der Waals surface area contributed by atoms with E-state index < -0.39 is 17.1 Å².